The molecule has 0 saturated carbocycles. The highest BCUT2D eigenvalue weighted by Gasteiger charge is 2.21. The van der Waals surface area contributed by atoms with E-state index in [0.717, 1.165) is 11.1 Å². The first-order valence-corrected chi connectivity index (χ1v) is 8.02. The van der Waals surface area contributed by atoms with Crippen molar-refractivity contribution >= 4 is 11.9 Å². The minimum atomic E-state index is -0.602. The Kier molecular flexibility index (Phi) is 6.51. The molecule has 0 spiro atoms. The molecule has 0 radical (unpaired) electrons. The third-order valence-corrected chi connectivity index (χ3v) is 3.60. The molecule has 0 unspecified atom stereocenters. The van der Waals surface area contributed by atoms with Gasteiger partial charge in [-0.2, -0.15) is 0 Å². The molecule has 0 aliphatic carbocycles. The van der Waals surface area contributed by atoms with E-state index in [0.29, 0.717) is 13.1 Å². The number of carbonyl (C=O) groups excluding carboxylic acids is 2. The lowest BCUT2D eigenvalue weighted by atomic mass is 10.1. The van der Waals surface area contributed by atoms with E-state index in [2.05, 4.69) is 16.0 Å². The molecule has 2 aromatic carbocycles. The second-order valence-corrected chi connectivity index (χ2v) is 5.56. The van der Waals surface area contributed by atoms with E-state index in [9.17, 15) is 9.59 Å². The minimum absolute atomic E-state index is 0.376. The molecule has 3 N–H and O–H groups in total. The molecule has 0 bridgehead atoms. The molecular formula is C19H23N3O2. The Bertz CT molecular complexity index is 669. The Morgan fingerprint density at radius 1 is 1.00 bits per heavy atom. The van der Waals surface area contributed by atoms with Crippen LogP contribution in [0, 0.1) is 6.92 Å². The van der Waals surface area contributed by atoms with Gasteiger partial charge in [0.25, 0.3) is 0 Å². The van der Waals surface area contributed by atoms with Crippen molar-refractivity contribution in [2.24, 2.45) is 0 Å². The number of amides is 3. The quantitative estimate of drug-likeness (QED) is 0.765. The summed E-state index contributed by atoms with van der Waals surface area (Å²) in [5, 5.41) is 8.16. The fourth-order valence-corrected chi connectivity index (χ4v) is 2.32. The van der Waals surface area contributed by atoms with Crippen LogP contribution < -0.4 is 16.0 Å². The Labute approximate surface area is 142 Å². The van der Waals surface area contributed by atoms with Crippen LogP contribution in [0.25, 0.3) is 0 Å². The van der Waals surface area contributed by atoms with Crippen LogP contribution in [0.4, 0.5) is 4.79 Å². The van der Waals surface area contributed by atoms with Crippen molar-refractivity contribution in [2.45, 2.75) is 26.4 Å². The lowest BCUT2D eigenvalue weighted by Crippen LogP contribution is -2.44. The summed E-state index contributed by atoms with van der Waals surface area (Å²) >= 11 is 0. The third-order valence-electron chi connectivity index (χ3n) is 3.60. The van der Waals surface area contributed by atoms with Crippen LogP contribution >= 0.6 is 0 Å². The number of benzene rings is 2. The van der Waals surface area contributed by atoms with Gasteiger partial charge >= 0.3 is 6.03 Å². The summed E-state index contributed by atoms with van der Waals surface area (Å²) in [6.07, 6.45) is 0. The number of aryl methyl sites for hydroxylation is 1. The van der Waals surface area contributed by atoms with E-state index in [-0.39, 0.29) is 5.91 Å². The maximum atomic E-state index is 12.5. The van der Waals surface area contributed by atoms with Gasteiger partial charge in [-0.3, -0.25) is 15.4 Å². The topological polar surface area (TPSA) is 70.2 Å². The molecule has 0 aromatic heterocycles. The molecule has 126 valence electrons. The fraction of sp³-hybridized carbons (Fsp3) is 0.263. The molecule has 0 saturated heterocycles. The van der Waals surface area contributed by atoms with E-state index >= 15 is 0 Å². The van der Waals surface area contributed by atoms with Crippen LogP contribution in [-0.2, 0) is 11.3 Å². The van der Waals surface area contributed by atoms with Crippen LogP contribution in [0.1, 0.15) is 29.7 Å². The Morgan fingerprint density at radius 3 is 2.29 bits per heavy atom. The van der Waals surface area contributed by atoms with Crippen molar-refractivity contribution in [3.05, 3.63) is 71.3 Å². The van der Waals surface area contributed by atoms with E-state index < -0.39 is 12.1 Å². The fourth-order valence-electron chi connectivity index (χ4n) is 2.32. The molecule has 5 nitrogen and oxygen atoms in total. The van der Waals surface area contributed by atoms with Crippen LogP contribution in [0.5, 0.6) is 0 Å². The lowest BCUT2D eigenvalue weighted by molar-refractivity contribution is -0.122. The van der Waals surface area contributed by atoms with Gasteiger partial charge in [0.15, 0.2) is 0 Å². The van der Waals surface area contributed by atoms with Gasteiger partial charge < -0.3 is 5.32 Å². The Morgan fingerprint density at radius 2 is 1.67 bits per heavy atom. The summed E-state index contributed by atoms with van der Waals surface area (Å²) in [4.78, 5) is 24.1. The highest BCUT2D eigenvalue weighted by Crippen LogP contribution is 2.14. The molecule has 5 heteroatoms. The molecule has 3 amide bonds. The molecule has 24 heavy (non-hydrogen) atoms. The Balaban J connectivity index is 2.09. The molecule has 1 atom stereocenters. The van der Waals surface area contributed by atoms with E-state index in [4.69, 9.17) is 0 Å². The number of urea groups is 1. The molecular weight excluding hydrogens is 302 g/mol. The standard InChI is InChI=1S/C19H23N3O2/c1-3-20-19(24)22-18(23)17(16-7-5-4-6-8-16)21-13-15-11-9-14(2)10-12-15/h4-12,17,21H,3,13H2,1-2H3,(H2,20,22,23,24)/t17-/m0/s1. The van der Waals surface area contributed by atoms with Gasteiger partial charge in [-0.05, 0) is 25.0 Å². The predicted molar refractivity (Wildman–Crippen MR) is 94.4 cm³/mol. The van der Waals surface area contributed by atoms with Crippen LogP contribution in [0.15, 0.2) is 54.6 Å². The summed E-state index contributed by atoms with van der Waals surface area (Å²) in [6, 6.07) is 16.4. The lowest BCUT2D eigenvalue weighted by Gasteiger charge is -2.18. The minimum Gasteiger partial charge on any atom is -0.338 e. The van der Waals surface area contributed by atoms with Crippen molar-refractivity contribution in [3.63, 3.8) is 0 Å². The number of nitrogens with one attached hydrogen (secondary N) is 3. The number of rotatable bonds is 6. The molecule has 0 fully saturated rings. The van der Waals surface area contributed by atoms with Gasteiger partial charge in [0, 0.05) is 13.1 Å². The summed E-state index contributed by atoms with van der Waals surface area (Å²) in [5.74, 6) is -0.376. The van der Waals surface area contributed by atoms with Crippen LogP contribution in [-0.4, -0.2) is 18.5 Å². The van der Waals surface area contributed by atoms with E-state index in [1.807, 2.05) is 61.5 Å². The first-order valence-electron chi connectivity index (χ1n) is 8.02. The zero-order valence-corrected chi connectivity index (χ0v) is 14.0. The molecule has 0 aliphatic rings. The van der Waals surface area contributed by atoms with Crippen LogP contribution in [0.2, 0.25) is 0 Å². The zero-order valence-electron chi connectivity index (χ0n) is 14.0. The van der Waals surface area contributed by atoms with Crippen molar-refractivity contribution in [1.82, 2.24) is 16.0 Å². The monoisotopic (exact) mass is 325 g/mol. The molecule has 0 heterocycles. The maximum Gasteiger partial charge on any atom is 0.321 e. The third kappa shape index (κ3) is 5.21. The number of hydrogen-bond donors (Lipinski definition) is 3. The largest absolute Gasteiger partial charge is 0.338 e. The number of imide groups is 1. The molecule has 2 aromatic rings. The van der Waals surface area contributed by atoms with Gasteiger partial charge in [0.2, 0.25) is 5.91 Å². The number of hydrogen-bond acceptors (Lipinski definition) is 3. The smallest absolute Gasteiger partial charge is 0.321 e. The van der Waals surface area contributed by atoms with Crippen LogP contribution in [0.3, 0.4) is 0 Å². The van der Waals surface area contributed by atoms with Crippen molar-refractivity contribution in [2.75, 3.05) is 6.54 Å². The van der Waals surface area contributed by atoms with Crippen molar-refractivity contribution in [3.8, 4) is 0 Å². The van der Waals surface area contributed by atoms with Crippen molar-refractivity contribution in [1.29, 1.82) is 0 Å². The highest BCUT2D eigenvalue weighted by atomic mass is 16.2. The second-order valence-electron chi connectivity index (χ2n) is 5.56. The predicted octanol–water partition coefficient (Wildman–Crippen LogP) is 2.67. The maximum absolute atomic E-state index is 12.5. The van der Waals surface area contributed by atoms with Gasteiger partial charge in [-0.15, -0.1) is 0 Å². The van der Waals surface area contributed by atoms with Gasteiger partial charge in [-0.25, -0.2) is 4.79 Å². The summed E-state index contributed by atoms with van der Waals surface area (Å²) in [7, 11) is 0. The first-order chi connectivity index (χ1) is 11.6. The number of carbonyl (C=O) groups is 2. The van der Waals surface area contributed by atoms with Gasteiger partial charge in [0.05, 0.1) is 0 Å². The summed E-state index contributed by atoms with van der Waals surface area (Å²) in [5.41, 5.74) is 3.08. The zero-order chi connectivity index (χ0) is 17.4. The van der Waals surface area contributed by atoms with E-state index in [1.54, 1.807) is 6.92 Å². The molecule has 2 rings (SSSR count). The van der Waals surface area contributed by atoms with Crippen molar-refractivity contribution < 1.29 is 9.59 Å². The van der Waals surface area contributed by atoms with Gasteiger partial charge in [-0.1, -0.05) is 60.2 Å². The first kappa shape index (κ1) is 17.7. The summed E-state index contributed by atoms with van der Waals surface area (Å²) < 4.78 is 0. The SMILES string of the molecule is CCNC(=O)NC(=O)[C@@H](NCc1ccc(C)cc1)c1ccccc1. The highest BCUT2D eigenvalue weighted by molar-refractivity contribution is 5.97. The second kappa shape index (κ2) is 8.84. The van der Waals surface area contributed by atoms with E-state index in [1.165, 1.54) is 5.56 Å². The average Bonchev–Trinajstić information content (AvgIpc) is 2.58. The molecule has 0 aliphatic heterocycles. The van der Waals surface area contributed by atoms with Gasteiger partial charge in [0.1, 0.15) is 6.04 Å². The Hall–Kier alpha value is -2.66. The normalized spacial score (nSPS) is 11.6. The average molecular weight is 325 g/mol. The summed E-state index contributed by atoms with van der Waals surface area (Å²) in [6.45, 7) is 4.83.